The summed E-state index contributed by atoms with van der Waals surface area (Å²) in [5.74, 6) is -0.322. The van der Waals surface area contributed by atoms with E-state index in [9.17, 15) is 4.79 Å². The summed E-state index contributed by atoms with van der Waals surface area (Å²) in [7, 11) is 0. The molecule has 1 amide bonds. The molecule has 0 saturated carbocycles. The molecule has 0 aliphatic rings. The molecule has 0 bridgehead atoms. The Hall–Kier alpha value is -1.46. The molecule has 0 aliphatic heterocycles. The third-order valence-corrected chi connectivity index (χ3v) is 2.94. The molecule has 0 radical (unpaired) electrons. The van der Waals surface area contributed by atoms with E-state index in [2.05, 4.69) is 31.2 Å². The highest BCUT2D eigenvalue weighted by molar-refractivity contribution is 9.10. The lowest BCUT2D eigenvalue weighted by molar-refractivity contribution is 0.102. The number of nitrogens with one attached hydrogen (secondary N) is 1. The Bertz CT molecular complexity index is 562. The second-order valence-corrected chi connectivity index (χ2v) is 4.25. The van der Waals surface area contributed by atoms with E-state index in [4.69, 9.17) is 11.6 Å². The molecule has 2 rings (SSSR count). The lowest BCUT2D eigenvalue weighted by Gasteiger charge is -2.06. The molecule has 2 aromatic heterocycles. The first-order valence-corrected chi connectivity index (χ1v) is 5.88. The van der Waals surface area contributed by atoms with Gasteiger partial charge in [0.1, 0.15) is 9.76 Å². The number of rotatable bonds is 2. The monoisotopic (exact) mass is 311 g/mol. The van der Waals surface area contributed by atoms with Gasteiger partial charge in [-0.2, -0.15) is 0 Å². The van der Waals surface area contributed by atoms with Crippen LogP contribution in [0.15, 0.2) is 41.3 Å². The van der Waals surface area contributed by atoms with Gasteiger partial charge in [-0.1, -0.05) is 11.6 Å². The van der Waals surface area contributed by atoms with Gasteiger partial charge in [0.2, 0.25) is 0 Å². The maximum absolute atomic E-state index is 11.9. The van der Waals surface area contributed by atoms with Crippen LogP contribution in [0.5, 0.6) is 0 Å². The summed E-state index contributed by atoms with van der Waals surface area (Å²) in [4.78, 5) is 19.7. The molecule has 0 unspecified atom stereocenters. The number of aromatic nitrogens is 2. The minimum atomic E-state index is -0.322. The fourth-order valence-electron chi connectivity index (χ4n) is 1.22. The van der Waals surface area contributed by atoms with Gasteiger partial charge < -0.3 is 5.32 Å². The second-order valence-electron chi connectivity index (χ2n) is 3.14. The maximum Gasteiger partial charge on any atom is 0.258 e. The summed E-state index contributed by atoms with van der Waals surface area (Å²) in [6.07, 6.45) is 3.15. The number of carbonyl (C=O) groups excluding carboxylic acids is 1. The first kappa shape index (κ1) is 12.0. The molecule has 1 N–H and O–H groups in total. The fourth-order valence-corrected chi connectivity index (χ4v) is 1.78. The number of hydrogen-bond donors (Lipinski definition) is 1. The number of halogens is 2. The van der Waals surface area contributed by atoms with Crippen LogP contribution < -0.4 is 5.32 Å². The van der Waals surface area contributed by atoms with Gasteiger partial charge in [0.25, 0.3) is 5.91 Å². The number of amides is 1. The van der Waals surface area contributed by atoms with Gasteiger partial charge in [0, 0.05) is 12.4 Å². The molecule has 2 heterocycles. The van der Waals surface area contributed by atoms with Crippen LogP contribution in [-0.4, -0.2) is 15.9 Å². The Balaban J connectivity index is 2.24. The van der Waals surface area contributed by atoms with E-state index in [1.807, 2.05) is 0 Å². The molecule has 2 aromatic rings. The summed E-state index contributed by atoms with van der Waals surface area (Å²) in [6, 6.07) is 6.72. The summed E-state index contributed by atoms with van der Waals surface area (Å²) >= 11 is 9.07. The van der Waals surface area contributed by atoms with Gasteiger partial charge in [-0.15, -0.1) is 0 Å². The Morgan fingerprint density at radius 1 is 1.24 bits per heavy atom. The minimum absolute atomic E-state index is 0.171. The van der Waals surface area contributed by atoms with Crippen LogP contribution >= 0.6 is 27.5 Å². The molecular formula is C11H7BrClN3O. The lowest BCUT2D eigenvalue weighted by Crippen LogP contribution is -2.13. The van der Waals surface area contributed by atoms with Crippen molar-refractivity contribution < 1.29 is 4.79 Å². The summed E-state index contributed by atoms with van der Waals surface area (Å²) in [6.45, 7) is 0. The van der Waals surface area contributed by atoms with E-state index in [0.29, 0.717) is 15.9 Å². The number of pyridine rings is 2. The minimum Gasteiger partial charge on any atom is -0.320 e. The van der Waals surface area contributed by atoms with Crippen molar-refractivity contribution in [2.45, 2.75) is 0 Å². The second kappa shape index (κ2) is 5.25. The lowest BCUT2D eigenvalue weighted by atomic mass is 10.2. The van der Waals surface area contributed by atoms with Gasteiger partial charge in [-0.3, -0.25) is 4.79 Å². The van der Waals surface area contributed by atoms with Crippen LogP contribution in [-0.2, 0) is 0 Å². The molecule has 0 saturated heterocycles. The van der Waals surface area contributed by atoms with Crippen LogP contribution in [0.25, 0.3) is 0 Å². The van der Waals surface area contributed by atoms with E-state index in [1.165, 1.54) is 6.20 Å². The van der Waals surface area contributed by atoms with E-state index < -0.39 is 0 Å². The molecule has 0 spiro atoms. The third kappa shape index (κ3) is 2.81. The van der Waals surface area contributed by atoms with Crippen LogP contribution in [0.3, 0.4) is 0 Å². The predicted octanol–water partition coefficient (Wildman–Crippen LogP) is 3.14. The van der Waals surface area contributed by atoms with E-state index in [-0.39, 0.29) is 11.1 Å². The van der Waals surface area contributed by atoms with Crippen molar-refractivity contribution >= 4 is 39.1 Å². The molecule has 6 heteroatoms. The standard InChI is InChI=1S/C11H7BrClN3O/c12-9-8(4-2-5-14-9)16-11(17)7-3-1-6-15-10(7)13/h1-6H,(H,16,17). The van der Waals surface area contributed by atoms with Gasteiger partial charge in [-0.25, -0.2) is 9.97 Å². The molecule has 0 aromatic carbocycles. The van der Waals surface area contributed by atoms with Crippen LogP contribution in [0.2, 0.25) is 5.15 Å². The number of anilines is 1. The van der Waals surface area contributed by atoms with Gasteiger partial charge in [-0.05, 0) is 40.2 Å². The quantitative estimate of drug-likeness (QED) is 0.867. The van der Waals surface area contributed by atoms with Gasteiger partial charge in [0.05, 0.1) is 11.3 Å². The first-order valence-electron chi connectivity index (χ1n) is 4.71. The van der Waals surface area contributed by atoms with Crippen molar-refractivity contribution in [3.8, 4) is 0 Å². The summed E-state index contributed by atoms with van der Waals surface area (Å²) < 4.78 is 0.563. The number of carbonyl (C=O) groups is 1. The topological polar surface area (TPSA) is 54.9 Å². The number of nitrogens with zero attached hydrogens (tertiary/aromatic N) is 2. The van der Waals surface area contributed by atoms with Crippen molar-refractivity contribution in [3.63, 3.8) is 0 Å². The van der Waals surface area contributed by atoms with E-state index in [0.717, 1.165) is 0 Å². The Labute approximate surface area is 111 Å². The maximum atomic E-state index is 11.9. The molecule has 0 fully saturated rings. The molecular weight excluding hydrogens is 305 g/mol. The zero-order valence-corrected chi connectivity index (χ0v) is 10.9. The van der Waals surface area contributed by atoms with Crippen LogP contribution in [0.1, 0.15) is 10.4 Å². The zero-order valence-electron chi connectivity index (χ0n) is 8.52. The molecule has 17 heavy (non-hydrogen) atoms. The molecule has 4 nitrogen and oxygen atoms in total. The van der Waals surface area contributed by atoms with Crippen LogP contribution in [0, 0.1) is 0 Å². The molecule has 0 aliphatic carbocycles. The smallest absolute Gasteiger partial charge is 0.258 e. The Morgan fingerprint density at radius 2 is 1.94 bits per heavy atom. The van der Waals surface area contributed by atoms with Gasteiger partial charge in [0.15, 0.2) is 0 Å². The highest BCUT2D eigenvalue weighted by atomic mass is 79.9. The Morgan fingerprint density at radius 3 is 2.65 bits per heavy atom. The third-order valence-electron chi connectivity index (χ3n) is 2.01. The fraction of sp³-hybridized carbons (Fsp3) is 0. The highest BCUT2D eigenvalue weighted by Crippen LogP contribution is 2.20. The van der Waals surface area contributed by atoms with Crippen molar-refractivity contribution in [1.29, 1.82) is 0 Å². The Kier molecular flexibility index (Phi) is 3.71. The zero-order chi connectivity index (χ0) is 12.3. The van der Waals surface area contributed by atoms with Gasteiger partial charge >= 0.3 is 0 Å². The SMILES string of the molecule is O=C(Nc1cccnc1Br)c1cccnc1Cl. The van der Waals surface area contributed by atoms with Crippen molar-refractivity contribution in [2.75, 3.05) is 5.32 Å². The van der Waals surface area contributed by atoms with Crippen molar-refractivity contribution in [2.24, 2.45) is 0 Å². The summed E-state index contributed by atoms with van der Waals surface area (Å²) in [5, 5.41) is 2.87. The predicted molar refractivity (Wildman–Crippen MR) is 69.1 cm³/mol. The number of hydrogen-bond acceptors (Lipinski definition) is 3. The highest BCUT2D eigenvalue weighted by Gasteiger charge is 2.12. The van der Waals surface area contributed by atoms with Crippen molar-refractivity contribution in [3.05, 3.63) is 52.0 Å². The largest absolute Gasteiger partial charge is 0.320 e. The average molecular weight is 313 g/mol. The van der Waals surface area contributed by atoms with E-state index >= 15 is 0 Å². The first-order chi connectivity index (χ1) is 8.18. The normalized spacial score (nSPS) is 10.0. The summed E-state index contributed by atoms with van der Waals surface area (Å²) in [5.41, 5.74) is 0.905. The molecule has 0 atom stereocenters. The van der Waals surface area contributed by atoms with E-state index in [1.54, 1.807) is 30.5 Å². The molecule has 86 valence electrons. The van der Waals surface area contributed by atoms with Crippen LogP contribution in [0.4, 0.5) is 5.69 Å². The average Bonchev–Trinajstić information content (AvgIpc) is 2.32. The van der Waals surface area contributed by atoms with Crippen molar-refractivity contribution in [1.82, 2.24) is 9.97 Å².